The van der Waals surface area contributed by atoms with Gasteiger partial charge in [-0.3, -0.25) is 20.0 Å². The number of anilines is 1. The molecule has 3 heterocycles. The van der Waals surface area contributed by atoms with Crippen molar-refractivity contribution in [2.75, 3.05) is 5.06 Å². The Morgan fingerprint density at radius 2 is 2.00 bits per heavy atom. The molecule has 0 aliphatic carbocycles. The van der Waals surface area contributed by atoms with Gasteiger partial charge < -0.3 is 0 Å². The van der Waals surface area contributed by atoms with Crippen LogP contribution in [0.25, 0.3) is 10.3 Å². The molecule has 0 spiro atoms. The Balaban J connectivity index is 2.00. The molecular weight excluding hydrogens is 418 g/mol. The van der Waals surface area contributed by atoms with Gasteiger partial charge in [-0.1, -0.05) is 49.9 Å². The number of hydrogen-bond donors (Lipinski definition) is 2. The molecular formula is C21H29N5O2S2. The summed E-state index contributed by atoms with van der Waals surface area (Å²) in [5, 5.41) is 12.6. The zero-order chi connectivity index (χ0) is 22.0. The van der Waals surface area contributed by atoms with Gasteiger partial charge in [-0.05, 0) is 50.7 Å². The van der Waals surface area contributed by atoms with Crippen LogP contribution >= 0.6 is 23.1 Å². The highest BCUT2D eigenvalue weighted by atomic mass is 32.2. The number of hydroxylamine groups is 1. The number of nitrogens with zero attached hydrogens (tertiary/aromatic N) is 4. The summed E-state index contributed by atoms with van der Waals surface area (Å²) < 4.78 is 0.570. The van der Waals surface area contributed by atoms with Crippen molar-refractivity contribution in [1.82, 2.24) is 19.9 Å². The summed E-state index contributed by atoms with van der Waals surface area (Å²) >= 11 is 2.52. The third kappa shape index (κ3) is 5.01. The maximum Gasteiger partial charge on any atom is 0.306 e. The Kier molecular flexibility index (Phi) is 7.15. The Bertz CT molecular complexity index is 1080. The van der Waals surface area contributed by atoms with Gasteiger partial charge in [0.05, 0.1) is 17.0 Å². The van der Waals surface area contributed by atoms with Crippen molar-refractivity contribution in [2.45, 2.75) is 70.8 Å². The molecule has 0 aliphatic rings. The van der Waals surface area contributed by atoms with Crippen LogP contribution in [0.5, 0.6) is 0 Å². The first-order valence-corrected chi connectivity index (χ1v) is 11.9. The minimum atomic E-state index is -0.212. The van der Waals surface area contributed by atoms with Crippen LogP contribution in [0.4, 0.5) is 5.82 Å². The lowest BCUT2D eigenvalue weighted by molar-refractivity contribution is 0.206. The third-order valence-corrected chi connectivity index (χ3v) is 6.97. The van der Waals surface area contributed by atoms with Crippen LogP contribution in [0.2, 0.25) is 0 Å². The zero-order valence-corrected chi connectivity index (χ0v) is 19.9. The van der Waals surface area contributed by atoms with Gasteiger partial charge in [-0.2, -0.15) is 0 Å². The number of hydrogen-bond acceptors (Lipinski definition) is 8. The predicted octanol–water partition coefficient (Wildman–Crippen LogP) is 5.27. The first-order chi connectivity index (χ1) is 14.2. The lowest BCUT2D eigenvalue weighted by atomic mass is 10.1. The number of fused-ring (bicyclic) bond motifs is 1. The Hall–Kier alpha value is -1.97. The fraction of sp³-hybridized carbons (Fsp3) is 0.524. The summed E-state index contributed by atoms with van der Waals surface area (Å²) in [6.45, 7) is 12.4. The minimum absolute atomic E-state index is 0.0708. The topological polar surface area (TPSA) is 95.0 Å². The standard InChI is InChI=1S/C21H29N5O2S2/c1-7-15(16-13(5)9-12(4)10-22-16)29-20-23-18-17(30-21(27)24-18)19(25-20)26(28)14(6)8-11(2)3/h9-11,14-15,28H,7-8H2,1-6H3,(H,23,24,25,27)/t14-,15?/m1/s1. The summed E-state index contributed by atoms with van der Waals surface area (Å²) in [4.78, 5) is 28.4. The van der Waals surface area contributed by atoms with Gasteiger partial charge in [0.1, 0.15) is 4.70 Å². The molecule has 3 rings (SSSR count). The van der Waals surface area contributed by atoms with Crippen molar-refractivity contribution in [3.63, 3.8) is 0 Å². The van der Waals surface area contributed by atoms with Gasteiger partial charge in [0.25, 0.3) is 0 Å². The molecule has 2 atom stereocenters. The molecule has 0 aliphatic heterocycles. The predicted molar refractivity (Wildman–Crippen MR) is 124 cm³/mol. The lowest BCUT2D eigenvalue weighted by Crippen LogP contribution is -2.31. The smallest absolute Gasteiger partial charge is 0.297 e. The van der Waals surface area contributed by atoms with Crippen molar-refractivity contribution >= 4 is 39.3 Å². The molecule has 0 bridgehead atoms. The Labute approximate surface area is 184 Å². The fourth-order valence-electron chi connectivity index (χ4n) is 3.53. The van der Waals surface area contributed by atoms with Gasteiger partial charge in [0.15, 0.2) is 16.6 Å². The van der Waals surface area contributed by atoms with Crippen LogP contribution < -0.4 is 9.94 Å². The summed E-state index contributed by atoms with van der Waals surface area (Å²) in [5.41, 5.74) is 3.72. The molecule has 0 radical (unpaired) electrons. The van der Waals surface area contributed by atoms with E-state index in [2.05, 4.69) is 53.7 Å². The van der Waals surface area contributed by atoms with Gasteiger partial charge in [0, 0.05) is 6.20 Å². The van der Waals surface area contributed by atoms with E-state index in [0.717, 1.165) is 41.0 Å². The van der Waals surface area contributed by atoms with E-state index in [-0.39, 0.29) is 16.2 Å². The summed E-state index contributed by atoms with van der Waals surface area (Å²) in [5.74, 6) is 0.799. The maximum absolute atomic E-state index is 12.0. The number of pyridine rings is 1. The number of thiazole rings is 1. The van der Waals surface area contributed by atoms with Gasteiger partial charge in [0.2, 0.25) is 0 Å². The molecule has 9 heteroatoms. The molecule has 0 fully saturated rings. The third-order valence-electron chi connectivity index (χ3n) is 4.87. The summed E-state index contributed by atoms with van der Waals surface area (Å²) in [7, 11) is 0. The second-order valence-electron chi connectivity index (χ2n) is 8.07. The largest absolute Gasteiger partial charge is 0.306 e. The van der Waals surface area contributed by atoms with Gasteiger partial charge >= 0.3 is 4.87 Å². The monoisotopic (exact) mass is 447 g/mol. The van der Waals surface area contributed by atoms with Crippen LogP contribution in [0.15, 0.2) is 22.2 Å². The number of aromatic amines is 1. The lowest BCUT2D eigenvalue weighted by Gasteiger charge is -2.25. The molecule has 1 unspecified atom stereocenters. The molecule has 3 aromatic heterocycles. The highest BCUT2D eigenvalue weighted by molar-refractivity contribution is 7.99. The number of aryl methyl sites for hydroxylation is 2. The van der Waals surface area contributed by atoms with Crippen molar-refractivity contribution in [1.29, 1.82) is 0 Å². The van der Waals surface area contributed by atoms with E-state index in [1.54, 1.807) is 0 Å². The molecule has 0 saturated heterocycles. The van der Waals surface area contributed by atoms with Crippen molar-refractivity contribution in [3.05, 3.63) is 38.8 Å². The Morgan fingerprint density at radius 3 is 2.63 bits per heavy atom. The maximum atomic E-state index is 12.0. The van der Waals surface area contributed by atoms with E-state index in [0.29, 0.717) is 27.2 Å². The average Bonchev–Trinajstić information content (AvgIpc) is 3.04. The average molecular weight is 448 g/mol. The summed E-state index contributed by atoms with van der Waals surface area (Å²) in [6, 6.07) is 1.99. The van der Waals surface area contributed by atoms with Crippen molar-refractivity contribution < 1.29 is 5.21 Å². The van der Waals surface area contributed by atoms with Gasteiger partial charge in [-0.25, -0.2) is 15.0 Å². The van der Waals surface area contributed by atoms with Crippen LogP contribution in [0.3, 0.4) is 0 Å². The molecule has 7 nitrogen and oxygen atoms in total. The summed E-state index contributed by atoms with van der Waals surface area (Å²) in [6.07, 6.45) is 3.53. The van der Waals surface area contributed by atoms with Crippen molar-refractivity contribution in [3.8, 4) is 0 Å². The quantitative estimate of drug-likeness (QED) is 0.276. The second kappa shape index (κ2) is 9.45. The first-order valence-electron chi connectivity index (χ1n) is 10.2. The highest BCUT2D eigenvalue weighted by Gasteiger charge is 2.23. The van der Waals surface area contributed by atoms with E-state index < -0.39 is 0 Å². The normalized spacial score (nSPS) is 13.7. The van der Waals surface area contributed by atoms with E-state index in [1.165, 1.54) is 16.8 Å². The van der Waals surface area contributed by atoms with E-state index in [1.807, 2.05) is 20.0 Å². The number of thioether (sulfide) groups is 1. The van der Waals surface area contributed by atoms with Crippen LogP contribution in [0, 0.1) is 19.8 Å². The zero-order valence-electron chi connectivity index (χ0n) is 18.3. The molecule has 2 N–H and O–H groups in total. The van der Waals surface area contributed by atoms with E-state index in [4.69, 9.17) is 0 Å². The number of H-pyrrole nitrogens is 1. The number of nitrogens with one attached hydrogen (secondary N) is 1. The van der Waals surface area contributed by atoms with Crippen LogP contribution in [-0.4, -0.2) is 31.2 Å². The van der Waals surface area contributed by atoms with E-state index in [9.17, 15) is 10.0 Å². The SMILES string of the molecule is CCC(Sc1nc(N(O)[C@H](C)CC(C)C)c2sc(=O)[nH]c2n1)c1ncc(C)cc1C. The van der Waals surface area contributed by atoms with Crippen molar-refractivity contribution in [2.24, 2.45) is 5.92 Å². The second-order valence-corrected chi connectivity index (χ2v) is 10.2. The molecule has 0 amide bonds. The van der Waals surface area contributed by atoms with Crippen LogP contribution in [0.1, 0.15) is 62.6 Å². The van der Waals surface area contributed by atoms with Gasteiger partial charge in [-0.15, -0.1) is 0 Å². The highest BCUT2D eigenvalue weighted by Crippen LogP contribution is 2.38. The molecule has 3 aromatic rings. The number of rotatable bonds is 8. The minimum Gasteiger partial charge on any atom is -0.297 e. The number of aromatic nitrogens is 4. The molecule has 30 heavy (non-hydrogen) atoms. The fourth-order valence-corrected chi connectivity index (χ4v) is 5.35. The first kappa shape index (κ1) is 22.7. The molecule has 0 saturated carbocycles. The molecule has 162 valence electrons. The molecule has 0 aromatic carbocycles. The Morgan fingerprint density at radius 1 is 1.27 bits per heavy atom. The van der Waals surface area contributed by atoms with Crippen LogP contribution in [-0.2, 0) is 0 Å². The van der Waals surface area contributed by atoms with E-state index >= 15 is 0 Å².